The Hall–Kier alpha value is -1.03. The van der Waals surface area contributed by atoms with Crippen molar-refractivity contribution in [3.63, 3.8) is 0 Å². The first-order valence-corrected chi connectivity index (χ1v) is 7.08. The van der Waals surface area contributed by atoms with E-state index in [9.17, 15) is 0 Å². The van der Waals surface area contributed by atoms with Crippen molar-refractivity contribution in [1.29, 1.82) is 0 Å². The Labute approximate surface area is 111 Å². The Morgan fingerprint density at radius 3 is 2.72 bits per heavy atom. The van der Waals surface area contributed by atoms with Gasteiger partial charge in [-0.2, -0.15) is 5.10 Å². The van der Waals surface area contributed by atoms with Gasteiger partial charge in [0.25, 0.3) is 0 Å². The summed E-state index contributed by atoms with van der Waals surface area (Å²) in [7, 11) is 1.72. The minimum atomic E-state index is 0.588. The molecule has 0 aliphatic rings. The lowest BCUT2D eigenvalue weighted by Gasteiger charge is -2.16. The number of rotatable bonds is 9. The van der Waals surface area contributed by atoms with Gasteiger partial charge in [0.05, 0.1) is 19.0 Å². The summed E-state index contributed by atoms with van der Waals surface area (Å²) < 4.78 is 7.48. The summed E-state index contributed by atoms with van der Waals surface area (Å²) in [5.74, 6) is 0.926. The summed E-state index contributed by atoms with van der Waals surface area (Å²) in [6, 6.07) is 0.588. The standard InChI is InChI=1S/C14H27N3O/c1-5-10-17-13(14(18-4)11-16-17)9-8-12(6-2)15-7-3/h11-12,15H,5-10H2,1-4H3. The molecule has 104 valence electrons. The molecule has 1 unspecified atom stereocenters. The number of nitrogens with one attached hydrogen (secondary N) is 1. The summed E-state index contributed by atoms with van der Waals surface area (Å²) in [6.45, 7) is 8.56. The van der Waals surface area contributed by atoms with Crippen molar-refractivity contribution in [1.82, 2.24) is 15.1 Å². The highest BCUT2D eigenvalue weighted by Gasteiger charge is 2.13. The van der Waals surface area contributed by atoms with Gasteiger partial charge in [0.2, 0.25) is 0 Å². The minimum absolute atomic E-state index is 0.588. The molecule has 0 bridgehead atoms. The van der Waals surface area contributed by atoms with Crippen molar-refractivity contribution < 1.29 is 4.74 Å². The lowest BCUT2D eigenvalue weighted by molar-refractivity contribution is 0.401. The van der Waals surface area contributed by atoms with Crippen molar-refractivity contribution in [2.24, 2.45) is 0 Å². The largest absolute Gasteiger partial charge is 0.493 e. The number of aryl methyl sites for hydroxylation is 1. The minimum Gasteiger partial charge on any atom is -0.493 e. The van der Waals surface area contributed by atoms with E-state index >= 15 is 0 Å². The van der Waals surface area contributed by atoms with Gasteiger partial charge in [-0.1, -0.05) is 20.8 Å². The molecule has 1 N–H and O–H groups in total. The summed E-state index contributed by atoms with van der Waals surface area (Å²) in [6.07, 6.45) is 6.25. The number of hydrogen-bond acceptors (Lipinski definition) is 3. The average molecular weight is 253 g/mol. The van der Waals surface area contributed by atoms with E-state index in [4.69, 9.17) is 4.74 Å². The Morgan fingerprint density at radius 1 is 1.39 bits per heavy atom. The van der Waals surface area contributed by atoms with Gasteiger partial charge in [0, 0.05) is 12.6 Å². The molecule has 0 amide bonds. The molecule has 0 fully saturated rings. The second-order valence-corrected chi connectivity index (χ2v) is 4.58. The van der Waals surface area contributed by atoms with E-state index < -0.39 is 0 Å². The normalized spacial score (nSPS) is 12.7. The molecular weight excluding hydrogens is 226 g/mol. The third kappa shape index (κ3) is 4.02. The maximum atomic E-state index is 5.39. The van der Waals surface area contributed by atoms with Crippen LogP contribution in [0.3, 0.4) is 0 Å². The SMILES string of the molecule is CCCn1ncc(OC)c1CCC(CC)NCC. The van der Waals surface area contributed by atoms with Crippen LogP contribution in [0.15, 0.2) is 6.20 Å². The number of nitrogens with zero attached hydrogens (tertiary/aromatic N) is 2. The lowest BCUT2D eigenvalue weighted by Crippen LogP contribution is -2.28. The maximum Gasteiger partial charge on any atom is 0.159 e. The van der Waals surface area contributed by atoms with Gasteiger partial charge >= 0.3 is 0 Å². The highest BCUT2D eigenvalue weighted by molar-refractivity contribution is 5.25. The average Bonchev–Trinajstić information content (AvgIpc) is 2.77. The predicted octanol–water partition coefficient (Wildman–Crippen LogP) is 2.62. The van der Waals surface area contributed by atoms with Gasteiger partial charge in [0.1, 0.15) is 0 Å². The van der Waals surface area contributed by atoms with E-state index in [1.807, 2.05) is 6.20 Å². The zero-order valence-electron chi connectivity index (χ0n) is 12.2. The zero-order valence-corrected chi connectivity index (χ0v) is 12.2. The molecule has 18 heavy (non-hydrogen) atoms. The summed E-state index contributed by atoms with van der Waals surface area (Å²) in [5.41, 5.74) is 1.23. The lowest BCUT2D eigenvalue weighted by atomic mass is 10.1. The van der Waals surface area contributed by atoms with Gasteiger partial charge in [-0.05, 0) is 32.2 Å². The molecule has 0 spiro atoms. The fourth-order valence-corrected chi connectivity index (χ4v) is 2.27. The molecule has 1 atom stereocenters. The molecule has 4 nitrogen and oxygen atoms in total. The number of ether oxygens (including phenoxy) is 1. The van der Waals surface area contributed by atoms with Crippen LogP contribution in [0.25, 0.3) is 0 Å². The molecule has 4 heteroatoms. The smallest absolute Gasteiger partial charge is 0.159 e. The third-order valence-corrected chi connectivity index (χ3v) is 3.28. The highest BCUT2D eigenvalue weighted by atomic mass is 16.5. The van der Waals surface area contributed by atoms with Crippen molar-refractivity contribution >= 4 is 0 Å². The molecule has 1 aromatic rings. The van der Waals surface area contributed by atoms with Crippen molar-refractivity contribution in [3.8, 4) is 5.75 Å². The van der Waals surface area contributed by atoms with Gasteiger partial charge in [0.15, 0.2) is 5.75 Å². The number of aromatic nitrogens is 2. The topological polar surface area (TPSA) is 39.1 Å². The molecule has 0 aliphatic heterocycles. The monoisotopic (exact) mass is 253 g/mol. The van der Waals surface area contributed by atoms with Crippen LogP contribution in [-0.4, -0.2) is 29.5 Å². The van der Waals surface area contributed by atoms with Crippen LogP contribution >= 0.6 is 0 Å². The molecule has 0 radical (unpaired) electrons. The second-order valence-electron chi connectivity index (χ2n) is 4.58. The predicted molar refractivity (Wildman–Crippen MR) is 75.1 cm³/mol. The molecule has 1 aromatic heterocycles. The maximum absolute atomic E-state index is 5.39. The van der Waals surface area contributed by atoms with Crippen LogP contribution in [0.2, 0.25) is 0 Å². The first kappa shape index (κ1) is 15.0. The molecule has 0 aromatic carbocycles. The van der Waals surface area contributed by atoms with Crippen LogP contribution in [0.4, 0.5) is 0 Å². The van der Waals surface area contributed by atoms with Gasteiger partial charge in [-0.3, -0.25) is 4.68 Å². The van der Waals surface area contributed by atoms with Gasteiger partial charge in [-0.25, -0.2) is 0 Å². The van der Waals surface area contributed by atoms with E-state index in [-0.39, 0.29) is 0 Å². The third-order valence-electron chi connectivity index (χ3n) is 3.28. The fourth-order valence-electron chi connectivity index (χ4n) is 2.27. The molecule has 0 saturated carbocycles. The summed E-state index contributed by atoms with van der Waals surface area (Å²) >= 11 is 0. The fraction of sp³-hybridized carbons (Fsp3) is 0.786. The van der Waals surface area contributed by atoms with Crippen LogP contribution in [0, 0.1) is 0 Å². The molecule has 1 heterocycles. The highest BCUT2D eigenvalue weighted by Crippen LogP contribution is 2.20. The first-order chi connectivity index (χ1) is 8.76. The second kappa shape index (κ2) is 8.14. The van der Waals surface area contributed by atoms with E-state index in [0.717, 1.165) is 44.5 Å². The van der Waals surface area contributed by atoms with Crippen LogP contribution in [-0.2, 0) is 13.0 Å². The summed E-state index contributed by atoms with van der Waals surface area (Å²) in [5, 5.41) is 7.91. The Bertz CT molecular complexity index is 336. The summed E-state index contributed by atoms with van der Waals surface area (Å²) in [4.78, 5) is 0. The Morgan fingerprint density at radius 2 is 2.17 bits per heavy atom. The van der Waals surface area contributed by atoms with Crippen molar-refractivity contribution in [2.75, 3.05) is 13.7 Å². The Balaban J connectivity index is 2.66. The number of methoxy groups -OCH3 is 1. The van der Waals surface area contributed by atoms with Gasteiger partial charge in [-0.15, -0.1) is 0 Å². The zero-order chi connectivity index (χ0) is 13.4. The number of hydrogen-bond donors (Lipinski definition) is 1. The first-order valence-electron chi connectivity index (χ1n) is 7.08. The van der Waals surface area contributed by atoms with E-state index in [2.05, 4.69) is 35.9 Å². The van der Waals surface area contributed by atoms with Crippen molar-refractivity contribution in [3.05, 3.63) is 11.9 Å². The molecule has 0 saturated heterocycles. The molecular formula is C14H27N3O. The van der Waals surface area contributed by atoms with Crippen LogP contribution in [0.1, 0.15) is 45.7 Å². The van der Waals surface area contributed by atoms with Gasteiger partial charge < -0.3 is 10.1 Å². The quantitative estimate of drug-likeness (QED) is 0.735. The van der Waals surface area contributed by atoms with Crippen molar-refractivity contribution in [2.45, 2.75) is 59.0 Å². The Kier molecular flexibility index (Phi) is 6.80. The molecule has 0 aliphatic carbocycles. The van der Waals surface area contributed by atoms with E-state index in [0.29, 0.717) is 6.04 Å². The molecule has 1 rings (SSSR count). The van der Waals surface area contributed by atoms with Crippen LogP contribution < -0.4 is 10.1 Å². The van der Waals surface area contributed by atoms with E-state index in [1.54, 1.807) is 7.11 Å². The van der Waals surface area contributed by atoms with E-state index in [1.165, 1.54) is 5.69 Å². The van der Waals surface area contributed by atoms with Crippen LogP contribution in [0.5, 0.6) is 5.75 Å².